The highest BCUT2D eigenvalue weighted by atomic mass is 15.2. The Morgan fingerprint density at radius 1 is 0.913 bits per heavy atom. The highest BCUT2D eigenvalue weighted by molar-refractivity contribution is 4.99. The van der Waals surface area contributed by atoms with Gasteiger partial charge in [0.25, 0.3) is 0 Å². The van der Waals surface area contributed by atoms with Crippen LogP contribution in [0.1, 0.15) is 44.9 Å². The first-order chi connectivity index (χ1) is 11.3. The first-order valence-corrected chi connectivity index (χ1v) is 10.2. The van der Waals surface area contributed by atoms with E-state index in [-0.39, 0.29) is 0 Å². The van der Waals surface area contributed by atoms with Crippen molar-refractivity contribution in [3.8, 4) is 0 Å². The first-order valence-electron chi connectivity index (χ1n) is 10.2. The van der Waals surface area contributed by atoms with Gasteiger partial charge in [0.05, 0.1) is 0 Å². The summed E-state index contributed by atoms with van der Waals surface area (Å²) in [5, 5.41) is 7.31. The number of nitrogens with zero attached hydrogens (tertiary/aromatic N) is 2. The summed E-state index contributed by atoms with van der Waals surface area (Å²) in [6.07, 6.45) is 9.96. The number of hydrogen-bond acceptors (Lipinski definition) is 4. The van der Waals surface area contributed by atoms with Crippen LogP contribution in [0, 0.1) is 11.3 Å². The second-order valence-corrected chi connectivity index (χ2v) is 8.68. The minimum Gasteiger partial charge on any atom is -0.316 e. The van der Waals surface area contributed by atoms with E-state index >= 15 is 0 Å². The van der Waals surface area contributed by atoms with Crippen LogP contribution in [0.2, 0.25) is 0 Å². The standard InChI is InChI=1S/C19H36N4/c1-2-4-11-22(10-3-1)14-17-5-8-20-13-18(17)23-12-7-19(16-23)6-9-21-15-19/h17-18,20-21H,1-16H2. The van der Waals surface area contributed by atoms with Crippen molar-refractivity contribution in [1.29, 1.82) is 0 Å². The summed E-state index contributed by atoms with van der Waals surface area (Å²) in [6, 6.07) is 0.784. The molecule has 4 rings (SSSR count). The molecule has 0 radical (unpaired) electrons. The zero-order chi connectivity index (χ0) is 15.5. The summed E-state index contributed by atoms with van der Waals surface area (Å²) in [5.74, 6) is 0.888. The van der Waals surface area contributed by atoms with Crippen LogP contribution in [-0.2, 0) is 0 Å². The molecule has 4 fully saturated rings. The van der Waals surface area contributed by atoms with Gasteiger partial charge < -0.3 is 15.5 Å². The smallest absolute Gasteiger partial charge is 0.0261 e. The molecule has 4 aliphatic heterocycles. The fraction of sp³-hybridized carbons (Fsp3) is 1.00. The summed E-state index contributed by atoms with van der Waals surface area (Å²) >= 11 is 0. The Balaban J connectivity index is 1.37. The monoisotopic (exact) mass is 320 g/mol. The lowest BCUT2D eigenvalue weighted by molar-refractivity contribution is 0.0955. The van der Waals surface area contributed by atoms with E-state index in [2.05, 4.69) is 20.4 Å². The topological polar surface area (TPSA) is 30.5 Å². The Labute approximate surface area is 142 Å². The molecule has 132 valence electrons. The van der Waals surface area contributed by atoms with Gasteiger partial charge in [-0.2, -0.15) is 0 Å². The number of likely N-dealkylation sites (tertiary alicyclic amines) is 2. The molecule has 1 spiro atoms. The number of hydrogen-bond donors (Lipinski definition) is 2. The largest absolute Gasteiger partial charge is 0.316 e. The summed E-state index contributed by atoms with van der Waals surface area (Å²) in [4.78, 5) is 5.65. The molecule has 0 saturated carbocycles. The van der Waals surface area contributed by atoms with Crippen molar-refractivity contribution in [2.24, 2.45) is 11.3 Å². The zero-order valence-electron chi connectivity index (χ0n) is 14.9. The molecule has 0 bridgehead atoms. The van der Waals surface area contributed by atoms with E-state index in [1.165, 1.54) is 104 Å². The molecule has 4 aliphatic rings. The Morgan fingerprint density at radius 3 is 2.57 bits per heavy atom. The molecule has 2 N–H and O–H groups in total. The van der Waals surface area contributed by atoms with Gasteiger partial charge in [-0.3, -0.25) is 4.90 Å². The molecule has 0 aromatic rings. The maximum absolute atomic E-state index is 3.69. The summed E-state index contributed by atoms with van der Waals surface area (Å²) < 4.78 is 0. The highest BCUT2D eigenvalue weighted by Gasteiger charge is 2.44. The van der Waals surface area contributed by atoms with Gasteiger partial charge in [0.15, 0.2) is 0 Å². The lowest BCUT2D eigenvalue weighted by atomic mass is 9.86. The van der Waals surface area contributed by atoms with Crippen molar-refractivity contribution in [1.82, 2.24) is 20.4 Å². The molecule has 3 unspecified atom stereocenters. The van der Waals surface area contributed by atoms with Gasteiger partial charge in [-0.15, -0.1) is 0 Å². The number of nitrogens with one attached hydrogen (secondary N) is 2. The molecular formula is C19H36N4. The van der Waals surface area contributed by atoms with Gasteiger partial charge in [-0.05, 0) is 76.2 Å². The molecule has 0 amide bonds. The number of piperidine rings is 1. The van der Waals surface area contributed by atoms with Crippen molar-refractivity contribution in [3.05, 3.63) is 0 Å². The van der Waals surface area contributed by atoms with E-state index in [4.69, 9.17) is 0 Å². The van der Waals surface area contributed by atoms with Gasteiger partial charge in [-0.1, -0.05) is 12.8 Å². The third-order valence-corrected chi connectivity index (χ3v) is 7.05. The molecule has 23 heavy (non-hydrogen) atoms. The molecule has 4 heteroatoms. The van der Waals surface area contributed by atoms with Gasteiger partial charge >= 0.3 is 0 Å². The highest BCUT2D eigenvalue weighted by Crippen LogP contribution is 2.38. The van der Waals surface area contributed by atoms with E-state index < -0.39 is 0 Å². The maximum atomic E-state index is 3.69. The van der Waals surface area contributed by atoms with Crippen molar-refractivity contribution in [3.63, 3.8) is 0 Å². The fourth-order valence-corrected chi connectivity index (χ4v) is 5.58. The van der Waals surface area contributed by atoms with E-state index in [1.54, 1.807) is 0 Å². The van der Waals surface area contributed by atoms with E-state index in [1.807, 2.05) is 0 Å². The van der Waals surface area contributed by atoms with Crippen LogP contribution in [-0.4, -0.2) is 74.7 Å². The molecule has 4 nitrogen and oxygen atoms in total. The predicted molar refractivity (Wildman–Crippen MR) is 95.8 cm³/mol. The lowest BCUT2D eigenvalue weighted by Crippen LogP contribution is -2.54. The van der Waals surface area contributed by atoms with Crippen LogP contribution in [0.25, 0.3) is 0 Å². The molecular weight excluding hydrogens is 284 g/mol. The quantitative estimate of drug-likeness (QED) is 0.825. The maximum Gasteiger partial charge on any atom is 0.0261 e. The minimum absolute atomic E-state index is 0.616. The molecule has 0 aromatic carbocycles. The van der Waals surface area contributed by atoms with Crippen LogP contribution in [0.5, 0.6) is 0 Å². The van der Waals surface area contributed by atoms with Gasteiger partial charge in [0.2, 0.25) is 0 Å². The van der Waals surface area contributed by atoms with Crippen LogP contribution in [0.4, 0.5) is 0 Å². The molecule has 0 aromatic heterocycles. The third-order valence-electron chi connectivity index (χ3n) is 7.05. The van der Waals surface area contributed by atoms with Crippen LogP contribution in [0.15, 0.2) is 0 Å². The Hall–Kier alpha value is -0.160. The van der Waals surface area contributed by atoms with Gasteiger partial charge in [0.1, 0.15) is 0 Å². The predicted octanol–water partition coefficient (Wildman–Crippen LogP) is 1.53. The van der Waals surface area contributed by atoms with E-state index in [9.17, 15) is 0 Å². The van der Waals surface area contributed by atoms with Crippen molar-refractivity contribution in [2.45, 2.75) is 51.0 Å². The number of rotatable bonds is 3. The van der Waals surface area contributed by atoms with Crippen molar-refractivity contribution >= 4 is 0 Å². The average Bonchev–Trinajstić information content (AvgIpc) is 3.13. The normalized spacial score (nSPS) is 40.7. The van der Waals surface area contributed by atoms with Crippen molar-refractivity contribution < 1.29 is 0 Å². The fourth-order valence-electron chi connectivity index (χ4n) is 5.58. The third kappa shape index (κ3) is 3.76. The summed E-state index contributed by atoms with van der Waals surface area (Å²) in [6.45, 7) is 11.7. The van der Waals surface area contributed by atoms with Crippen LogP contribution in [0.3, 0.4) is 0 Å². The first kappa shape index (κ1) is 16.3. The molecule has 4 saturated heterocycles. The van der Waals surface area contributed by atoms with Gasteiger partial charge in [0, 0.05) is 32.2 Å². The second kappa shape index (κ2) is 7.38. The lowest BCUT2D eigenvalue weighted by Gasteiger charge is -2.41. The SMILES string of the molecule is C1CCCN(CC2CCNCC2N2CCC3(CCNC3)C2)CC1. The van der Waals surface area contributed by atoms with E-state index in [0.29, 0.717) is 5.41 Å². The second-order valence-electron chi connectivity index (χ2n) is 8.68. The molecule has 3 atom stereocenters. The molecule has 4 heterocycles. The van der Waals surface area contributed by atoms with E-state index in [0.717, 1.165) is 12.0 Å². The minimum atomic E-state index is 0.616. The van der Waals surface area contributed by atoms with Crippen molar-refractivity contribution in [2.75, 3.05) is 58.9 Å². The Bertz CT molecular complexity index is 372. The van der Waals surface area contributed by atoms with Crippen LogP contribution < -0.4 is 10.6 Å². The van der Waals surface area contributed by atoms with Gasteiger partial charge in [-0.25, -0.2) is 0 Å². The Morgan fingerprint density at radius 2 is 1.78 bits per heavy atom. The summed E-state index contributed by atoms with van der Waals surface area (Å²) in [5.41, 5.74) is 0.616. The Kier molecular flexibility index (Phi) is 5.24. The zero-order valence-corrected chi connectivity index (χ0v) is 14.9. The van der Waals surface area contributed by atoms with Crippen LogP contribution >= 0.6 is 0 Å². The average molecular weight is 321 g/mol. The summed E-state index contributed by atoms with van der Waals surface area (Å²) in [7, 11) is 0. The molecule has 0 aliphatic carbocycles.